The third kappa shape index (κ3) is 2.70. The van der Waals surface area contributed by atoms with Crippen LogP contribution in [0, 0.1) is 18.7 Å². The molecule has 1 saturated carbocycles. The Labute approximate surface area is 107 Å². The van der Waals surface area contributed by atoms with Crippen molar-refractivity contribution in [1.82, 2.24) is 4.90 Å². The zero-order valence-electron chi connectivity index (χ0n) is 10.8. The number of carbonyl (C=O) groups is 1. The first-order valence-electron chi connectivity index (χ1n) is 6.24. The molecule has 1 fully saturated rings. The molecule has 0 atom stereocenters. The molecule has 2 N–H and O–H groups in total. The second kappa shape index (κ2) is 5.06. The number of aryl methyl sites for hydroxylation is 1. The average molecular weight is 250 g/mol. The molecule has 1 aliphatic rings. The summed E-state index contributed by atoms with van der Waals surface area (Å²) in [5.74, 6) is 0.174. The first kappa shape index (κ1) is 13.0. The molecule has 1 aromatic rings. The Morgan fingerprint density at radius 2 is 2.17 bits per heavy atom. The Morgan fingerprint density at radius 1 is 1.50 bits per heavy atom. The van der Waals surface area contributed by atoms with Crippen molar-refractivity contribution in [1.29, 1.82) is 0 Å². The summed E-state index contributed by atoms with van der Waals surface area (Å²) >= 11 is 0. The van der Waals surface area contributed by atoms with E-state index in [-0.39, 0.29) is 11.7 Å². The highest BCUT2D eigenvalue weighted by Gasteiger charge is 2.28. The van der Waals surface area contributed by atoms with Crippen molar-refractivity contribution in [3.8, 4) is 0 Å². The highest BCUT2D eigenvalue weighted by atomic mass is 19.1. The Balaban J connectivity index is 1.99. The van der Waals surface area contributed by atoms with Gasteiger partial charge >= 0.3 is 0 Å². The van der Waals surface area contributed by atoms with Crippen LogP contribution in [-0.2, 0) is 0 Å². The number of nitrogens with two attached hydrogens (primary N) is 1. The summed E-state index contributed by atoms with van der Waals surface area (Å²) in [6, 6.07) is 4.77. The standard InChI is InChI=1S/C14H19FN2O/c1-9-5-11(3-4-13(9)15)14(18)17(2)8-10-6-12(16)7-10/h3-5,10,12H,6-8,16H2,1-2H3. The fourth-order valence-corrected chi connectivity index (χ4v) is 2.40. The molecule has 4 heteroatoms. The van der Waals surface area contributed by atoms with Gasteiger partial charge in [0.2, 0.25) is 0 Å². The van der Waals surface area contributed by atoms with Gasteiger partial charge in [0.15, 0.2) is 0 Å². The first-order valence-corrected chi connectivity index (χ1v) is 6.24. The molecular formula is C14H19FN2O. The van der Waals surface area contributed by atoms with Crippen molar-refractivity contribution >= 4 is 5.91 Å². The molecule has 0 saturated heterocycles. The molecule has 0 heterocycles. The zero-order chi connectivity index (χ0) is 13.3. The van der Waals surface area contributed by atoms with Crippen LogP contribution in [0.4, 0.5) is 4.39 Å². The highest BCUT2D eigenvalue weighted by molar-refractivity contribution is 5.94. The number of benzene rings is 1. The molecule has 1 aromatic carbocycles. The van der Waals surface area contributed by atoms with E-state index in [9.17, 15) is 9.18 Å². The van der Waals surface area contributed by atoms with E-state index >= 15 is 0 Å². The van der Waals surface area contributed by atoms with Crippen LogP contribution in [0.3, 0.4) is 0 Å². The lowest BCUT2D eigenvalue weighted by Gasteiger charge is -2.35. The Kier molecular flexibility index (Phi) is 3.66. The van der Waals surface area contributed by atoms with E-state index in [0.717, 1.165) is 19.4 Å². The average Bonchev–Trinajstić information content (AvgIpc) is 2.29. The lowest BCUT2D eigenvalue weighted by molar-refractivity contribution is 0.0734. The number of carbonyl (C=O) groups excluding carboxylic acids is 1. The quantitative estimate of drug-likeness (QED) is 0.891. The summed E-state index contributed by atoms with van der Waals surface area (Å²) in [5, 5.41) is 0. The minimum absolute atomic E-state index is 0.0569. The van der Waals surface area contributed by atoms with E-state index in [2.05, 4.69) is 0 Å². The van der Waals surface area contributed by atoms with E-state index in [0.29, 0.717) is 23.1 Å². The molecule has 2 rings (SSSR count). The highest BCUT2D eigenvalue weighted by Crippen LogP contribution is 2.26. The van der Waals surface area contributed by atoms with Gasteiger partial charge in [-0.1, -0.05) is 0 Å². The molecular weight excluding hydrogens is 231 g/mol. The van der Waals surface area contributed by atoms with Gasteiger partial charge in [-0.25, -0.2) is 4.39 Å². The number of halogens is 1. The Bertz CT molecular complexity index is 455. The van der Waals surface area contributed by atoms with Crippen LogP contribution < -0.4 is 5.73 Å². The third-order valence-electron chi connectivity index (χ3n) is 3.56. The molecule has 0 unspecified atom stereocenters. The number of hydrogen-bond donors (Lipinski definition) is 1. The summed E-state index contributed by atoms with van der Waals surface area (Å²) in [4.78, 5) is 13.8. The molecule has 0 radical (unpaired) electrons. The van der Waals surface area contributed by atoms with Crippen molar-refractivity contribution in [3.05, 3.63) is 35.1 Å². The fraction of sp³-hybridized carbons (Fsp3) is 0.500. The van der Waals surface area contributed by atoms with Crippen molar-refractivity contribution in [2.75, 3.05) is 13.6 Å². The Morgan fingerprint density at radius 3 is 2.72 bits per heavy atom. The van der Waals surface area contributed by atoms with E-state index in [1.54, 1.807) is 24.9 Å². The van der Waals surface area contributed by atoms with Crippen molar-refractivity contribution < 1.29 is 9.18 Å². The second-order valence-corrected chi connectivity index (χ2v) is 5.25. The van der Waals surface area contributed by atoms with Crippen LogP contribution in [-0.4, -0.2) is 30.4 Å². The topological polar surface area (TPSA) is 46.3 Å². The zero-order valence-corrected chi connectivity index (χ0v) is 10.8. The van der Waals surface area contributed by atoms with Gasteiger partial charge in [-0.2, -0.15) is 0 Å². The van der Waals surface area contributed by atoms with Gasteiger partial charge in [0.25, 0.3) is 5.91 Å². The van der Waals surface area contributed by atoms with Gasteiger partial charge in [-0.3, -0.25) is 4.79 Å². The Hall–Kier alpha value is -1.42. The first-order chi connectivity index (χ1) is 8.47. The fourth-order valence-electron chi connectivity index (χ4n) is 2.40. The van der Waals surface area contributed by atoms with Crippen LogP contribution in [0.15, 0.2) is 18.2 Å². The van der Waals surface area contributed by atoms with Crippen LogP contribution in [0.2, 0.25) is 0 Å². The molecule has 0 bridgehead atoms. The predicted octanol–water partition coefficient (Wildman–Crippen LogP) is 1.94. The normalized spacial score (nSPS) is 22.4. The predicted molar refractivity (Wildman–Crippen MR) is 68.8 cm³/mol. The van der Waals surface area contributed by atoms with Crippen molar-refractivity contribution in [2.45, 2.75) is 25.8 Å². The summed E-state index contributed by atoms with van der Waals surface area (Å²) < 4.78 is 13.1. The molecule has 0 aliphatic heterocycles. The maximum absolute atomic E-state index is 13.1. The largest absolute Gasteiger partial charge is 0.341 e. The van der Waals surface area contributed by atoms with Gasteiger partial charge in [0.05, 0.1) is 0 Å². The summed E-state index contributed by atoms with van der Waals surface area (Å²) in [6.45, 7) is 2.39. The van der Waals surface area contributed by atoms with Crippen molar-refractivity contribution in [2.24, 2.45) is 11.7 Å². The number of amides is 1. The van der Waals surface area contributed by atoms with Gasteiger partial charge in [-0.05, 0) is 49.4 Å². The van der Waals surface area contributed by atoms with E-state index in [1.807, 2.05) is 0 Å². The summed E-state index contributed by atoms with van der Waals surface area (Å²) in [5.41, 5.74) is 6.76. The van der Waals surface area contributed by atoms with Crippen molar-refractivity contribution in [3.63, 3.8) is 0 Å². The van der Waals surface area contributed by atoms with Gasteiger partial charge in [0.1, 0.15) is 5.82 Å². The van der Waals surface area contributed by atoms with Gasteiger partial charge < -0.3 is 10.6 Å². The lowest BCUT2D eigenvalue weighted by atomic mass is 9.80. The number of hydrogen-bond acceptors (Lipinski definition) is 2. The van der Waals surface area contributed by atoms with Gasteiger partial charge in [0, 0.05) is 25.2 Å². The summed E-state index contributed by atoms with van der Waals surface area (Å²) in [6.07, 6.45) is 1.97. The monoisotopic (exact) mass is 250 g/mol. The van der Waals surface area contributed by atoms with Crippen LogP contribution in [0.25, 0.3) is 0 Å². The van der Waals surface area contributed by atoms with Crippen LogP contribution in [0.1, 0.15) is 28.8 Å². The third-order valence-corrected chi connectivity index (χ3v) is 3.56. The molecule has 0 aromatic heterocycles. The van der Waals surface area contributed by atoms with Gasteiger partial charge in [-0.15, -0.1) is 0 Å². The molecule has 1 amide bonds. The number of rotatable bonds is 3. The second-order valence-electron chi connectivity index (χ2n) is 5.25. The van der Waals surface area contributed by atoms with E-state index < -0.39 is 0 Å². The molecule has 98 valence electrons. The minimum Gasteiger partial charge on any atom is -0.341 e. The van der Waals surface area contributed by atoms with E-state index in [1.165, 1.54) is 12.1 Å². The SMILES string of the molecule is Cc1cc(C(=O)N(C)CC2CC(N)C2)ccc1F. The minimum atomic E-state index is -0.279. The maximum atomic E-state index is 13.1. The van der Waals surface area contributed by atoms with Crippen LogP contribution in [0.5, 0.6) is 0 Å². The number of nitrogens with zero attached hydrogens (tertiary/aromatic N) is 1. The smallest absolute Gasteiger partial charge is 0.253 e. The van der Waals surface area contributed by atoms with Crippen LogP contribution >= 0.6 is 0 Å². The van der Waals surface area contributed by atoms with E-state index in [4.69, 9.17) is 5.73 Å². The summed E-state index contributed by atoms with van der Waals surface area (Å²) in [7, 11) is 1.78. The maximum Gasteiger partial charge on any atom is 0.253 e. The molecule has 0 spiro atoms. The lowest BCUT2D eigenvalue weighted by Crippen LogP contribution is -2.43. The molecule has 3 nitrogen and oxygen atoms in total. The molecule has 18 heavy (non-hydrogen) atoms. The molecule has 1 aliphatic carbocycles.